The SMILES string of the molecule is CCCCCCCCC1COC([C@H]2CC[C@H](C#N)CC2)OC1. The Morgan fingerprint density at radius 3 is 2.18 bits per heavy atom. The van der Waals surface area contributed by atoms with Crippen molar-refractivity contribution in [3.63, 3.8) is 0 Å². The largest absolute Gasteiger partial charge is 0.352 e. The van der Waals surface area contributed by atoms with E-state index in [4.69, 9.17) is 14.7 Å². The van der Waals surface area contributed by atoms with Gasteiger partial charge in [-0.15, -0.1) is 0 Å². The fraction of sp³-hybridized carbons (Fsp3) is 0.947. The maximum absolute atomic E-state index is 8.96. The van der Waals surface area contributed by atoms with E-state index in [2.05, 4.69) is 13.0 Å². The van der Waals surface area contributed by atoms with Crippen LogP contribution in [0.3, 0.4) is 0 Å². The average molecular weight is 307 g/mol. The summed E-state index contributed by atoms with van der Waals surface area (Å²) in [5, 5.41) is 8.96. The first-order chi connectivity index (χ1) is 10.8. The van der Waals surface area contributed by atoms with Gasteiger partial charge in [0.15, 0.2) is 6.29 Å². The van der Waals surface area contributed by atoms with E-state index < -0.39 is 0 Å². The average Bonchev–Trinajstić information content (AvgIpc) is 2.59. The maximum Gasteiger partial charge on any atom is 0.160 e. The highest BCUT2D eigenvalue weighted by Crippen LogP contribution is 2.34. The van der Waals surface area contributed by atoms with Crippen LogP contribution in [0.5, 0.6) is 0 Å². The Balaban J connectivity index is 1.53. The molecule has 0 aromatic carbocycles. The van der Waals surface area contributed by atoms with E-state index in [0.717, 1.165) is 38.9 Å². The molecule has 0 spiro atoms. The number of ether oxygens (including phenoxy) is 2. The molecule has 0 atom stereocenters. The van der Waals surface area contributed by atoms with Crippen molar-refractivity contribution in [2.75, 3.05) is 13.2 Å². The predicted molar refractivity (Wildman–Crippen MR) is 88.2 cm³/mol. The molecule has 0 aromatic heterocycles. The standard InChI is InChI=1S/C19H33NO2/c1-2-3-4-5-6-7-8-17-14-21-19(22-15-17)18-11-9-16(13-20)10-12-18/h16-19H,2-12,14-15H2,1H3/t16-,17?,18-,19?. The van der Waals surface area contributed by atoms with Gasteiger partial charge >= 0.3 is 0 Å². The molecular weight excluding hydrogens is 274 g/mol. The first-order valence-electron chi connectivity index (χ1n) is 9.46. The Labute approximate surface area is 136 Å². The third kappa shape index (κ3) is 5.89. The van der Waals surface area contributed by atoms with Gasteiger partial charge < -0.3 is 9.47 Å². The zero-order valence-electron chi connectivity index (χ0n) is 14.3. The van der Waals surface area contributed by atoms with Gasteiger partial charge in [-0.3, -0.25) is 0 Å². The van der Waals surface area contributed by atoms with Crippen molar-refractivity contribution >= 4 is 0 Å². The number of hydrogen-bond acceptors (Lipinski definition) is 3. The molecule has 0 radical (unpaired) electrons. The van der Waals surface area contributed by atoms with Crippen molar-refractivity contribution in [2.24, 2.45) is 17.8 Å². The molecule has 2 aliphatic rings. The lowest BCUT2D eigenvalue weighted by molar-refractivity contribution is -0.229. The van der Waals surface area contributed by atoms with Crippen LogP contribution >= 0.6 is 0 Å². The number of nitrogens with zero attached hydrogens (tertiary/aromatic N) is 1. The lowest BCUT2D eigenvalue weighted by atomic mass is 9.82. The van der Waals surface area contributed by atoms with E-state index in [1.807, 2.05) is 0 Å². The molecule has 0 bridgehead atoms. The first kappa shape index (κ1) is 17.8. The fourth-order valence-corrected chi connectivity index (χ4v) is 3.73. The van der Waals surface area contributed by atoms with Crippen LogP contribution in [-0.4, -0.2) is 19.5 Å². The van der Waals surface area contributed by atoms with Crippen molar-refractivity contribution in [1.82, 2.24) is 0 Å². The normalized spacial score (nSPS) is 32.5. The van der Waals surface area contributed by atoms with Gasteiger partial charge in [0.2, 0.25) is 0 Å². The molecule has 0 aromatic rings. The van der Waals surface area contributed by atoms with E-state index in [0.29, 0.717) is 11.8 Å². The van der Waals surface area contributed by atoms with Crippen molar-refractivity contribution < 1.29 is 9.47 Å². The van der Waals surface area contributed by atoms with E-state index in [1.165, 1.54) is 44.9 Å². The summed E-state index contributed by atoms with van der Waals surface area (Å²) >= 11 is 0. The van der Waals surface area contributed by atoms with Crippen LogP contribution in [0.4, 0.5) is 0 Å². The van der Waals surface area contributed by atoms with Gasteiger partial charge in [0.25, 0.3) is 0 Å². The van der Waals surface area contributed by atoms with Gasteiger partial charge in [0, 0.05) is 17.8 Å². The molecule has 0 amide bonds. The van der Waals surface area contributed by atoms with Crippen LogP contribution in [0.2, 0.25) is 0 Å². The lowest BCUT2D eigenvalue weighted by Gasteiger charge is -2.36. The van der Waals surface area contributed by atoms with Gasteiger partial charge in [-0.25, -0.2) is 0 Å². The molecule has 22 heavy (non-hydrogen) atoms. The minimum Gasteiger partial charge on any atom is -0.352 e. The third-order valence-corrected chi connectivity index (χ3v) is 5.30. The zero-order valence-corrected chi connectivity index (χ0v) is 14.3. The van der Waals surface area contributed by atoms with Gasteiger partial charge in [-0.2, -0.15) is 5.26 Å². The monoisotopic (exact) mass is 307 g/mol. The molecule has 0 N–H and O–H groups in total. The van der Waals surface area contributed by atoms with Crippen LogP contribution in [0.1, 0.15) is 77.6 Å². The molecular formula is C19H33NO2. The first-order valence-corrected chi connectivity index (χ1v) is 9.46. The molecule has 0 unspecified atom stereocenters. The van der Waals surface area contributed by atoms with E-state index in [1.54, 1.807) is 0 Å². The summed E-state index contributed by atoms with van der Waals surface area (Å²) in [6, 6.07) is 2.39. The van der Waals surface area contributed by atoms with Crippen LogP contribution in [0, 0.1) is 29.1 Å². The summed E-state index contributed by atoms with van der Waals surface area (Å²) in [4.78, 5) is 0. The molecule has 126 valence electrons. The van der Waals surface area contributed by atoms with Crippen molar-refractivity contribution in [3.05, 3.63) is 0 Å². The molecule has 2 rings (SSSR count). The van der Waals surface area contributed by atoms with Crippen LogP contribution in [0.15, 0.2) is 0 Å². The Morgan fingerprint density at radius 2 is 1.55 bits per heavy atom. The minimum absolute atomic E-state index is 0.000414. The Kier molecular flexibility index (Phi) is 8.26. The second-order valence-corrected chi connectivity index (χ2v) is 7.20. The molecule has 2 fully saturated rings. The Bertz CT molecular complexity index is 323. The van der Waals surface area contributed by atoms with Gasteiger partial charge in [-0.05, 0) is 32.1 Å². The molecule has 1 aliphatic heterocycles. The fourth-order valence-electron chi connectivity index (χ4n) is 3.73. The number of rotatable bonds is 8. The van der Waals surface area contributed by atoms with Crippen LogP contribution in [0.25, 0.3) is 0 Å². The zero-order chi connectivity index (χ0) is 15.6. The predicted octanol–water partition coefficient (Wildman–Crippen LogP) is 5.06. The highest BCUT2D eigenvalue weighted by atomic mass is 16.7. The van der Waals surface area contributed by atoms with Gasteiger partial charge in [0.1, 0.15) is 0 Å². The topological polar surface area (TPSA) is 42.2 Å². The van der Waals surface area contributed by atoms with Gasteiger partial charge in [0.05, 0.1) is 19.3 Å². The molecule has 3 heteroatoms. The summed E-state index contributed by atoms with van der Waals surface area (Å²) in [5.74, 6) is 1.37. The molecule has 1 aliphatic carbocycles. The van der Waals surface area contributed by atoms with Crippen molar-refractivity contribution in [3.8, 4) is 6.07 Å². The summed E-state index contributed by atoms with van der Waals surface area (Å²) < 4.78 is 12.0. The molecule has 1 saturated heterocycles. The van der Waals surface area contributed by atoms with E-state index in [-0.39, 0.29) is 12.2 Å². The highest BCUT2D eigenvalue weighted by Gasteiger charge is 2.32. The number of hydrogen-bond donors (Lipinski definition) is 0. The van der Waals surface area contributed by atoms with Crippen molar-refractivity contribution in [2.45, 2.75) is 83.8 Å². The Morgan fingerprint density at radius 1 is 0.909 bits per heavy atom. The van der Waals surface area contributed by atoms with Crippen molar-refractivity contribution in [1.29, 1.82) is 5.26 Å². The van der Waals surface area contributed by atoms with Gasteiger partial charge in [-0.1, -0.05) is 45.4 Å². The Hall–Kier alpha value is -0.590. The summed E-state index contributed by atoms with van der Waals surface area (Å²) in [7, 11) is 0. The van der Waals surface area contributed by atoms with E-state index >= 15 is 0 Å². The molecule has 3 nitrogen and oxygen atoms in total. The quantitative estimate of drug-likeness (QED) is 0.589. The number of unbranched alkanes of at least 4 members (excludes halogenated alkanes) is 5. The van der Waals surface area contributed by atoms with Crippen LogP contribution < -0.4 is 0 Å². The lowest BCUT2D eigenvalue weighted by Crippen LogP contribution is -2.38. The van der Waals surface area contributed by atoms with Crippen LogP contribution in [-0.2, 0) is 9.47 Å². The summed E-state index contributed by atoms with van der Waals surface area (Å²) in [5.41, 5.74) is 0. The third-order valence-electron chi connectivity index (χ3n) is 5.30. The summed E-state index contributed by atoms with van der Waals surface area (Å²) in [6.07, 6.45) is 13.6. The smallest absolute Gasteiger partial charge is 0.160 e. The molecule has 1 heterocycles. The summed E-state index contributed by atoms with van der Waals surface area (Å²) in [6.45, 7) is 4.01. The maximum atomic E-state index is 8.96. The second kappa shape index (κ2) is 10.2. The highest BCUT2D eigenvalue weighted by molar-refractivity contribution is 4.88. The second-order valence-electron chi connectivity index (χ2n) is 7.20. The van der Waals surface area contributed by atoms with E-state index in [9.17, 15) is 0 Å². The molecule has 1 saturated carbocycles. The number of nitriles is 1. The minimum atomic E-state index is 0.000414.